The van der Waals surface area contributed by atoms with Crippen molar-refractivity contribution in [1.29, 1.82) is 0 Å². The van der Waals surface area contributed by atoms with Gasteiger partial charge in [-0.3, -0.25) is 0 Å². The van der Waals surface area contributed by atoms with Gasteiger partial charge in [0.15, 0.2) is 0 Å². The molecule has 6 heteroatoms. The maximum absolute atomic E-state index is 11.9. The van der Waals surface area contributed by atoms with Gasteiger partial charge in [0.05, 0.1) is 5.75 Å². The number of rotatable bonds is 10. The molecule has 1 aliphatic heterocycles. The minimum atomic E-state index is -3.13. The molecule has 0 aromatic carbocycles. The van der Waals surface area contributed by atoms with Crippen LogP contribution in [0.3, 0.4) is 0 Å². The summed E-state index contributed by atoms with van der Waals surface area (Å²) in [5.41, 5.74) is 0. The Kier molecular flexibility index (Phi) is 7.90. The van der Waals surface area contributed by atoms with E-state index in [0.29, 0.717) is 6.42 Å². The van der Waals surface area contributed by atoms with Crippen molar-refractivity contribution < 1.29 is 8.42 Å². The van der Waals surface area contributed by atoms with Crippen molar-refractivity contribution in [2.45, 2.75) is 45.6 Å². The van der Waals surface area contributed by atoms with Crippen molar-refractivity contribution in [2.75, 3.05) is 38.5 Å². The molecule has 0 radical (unpaired) electrons. The number of hydrogen-bond acceptors (Lipinski definition) is 4. The standard InChI is InChI=1S/C13H29N3O2S/c1-3-7-14-8-6-11-19(17,18)15-13(2)12-16-9-4-5-10-16/h13-15H,3-12H2,1-2H3. The van der Waals surface area contributed by atoms with Gasteiger partial charge in [0, 0.05) is 12.6 Å². The van der Waals surface area contributed by atoms with Crippen LogP contribution in [0, 0.1) is 0 Å². The van der Waals surface area contributed by atoms with E-state index in [0.717, 1.165) is 39.1 Å². The highest BCUT2D eigenvalue weighted by Gasteiger charge is 2.18. The molecule has 1 aliphatic rings. The molecule has 0 saturated carbocycles. The lowest BCUT2D eigenvalue weighted by atomic mass is 10.3. The molecule has 1 rings (SSSR count). The number of nitrogens with zero attached hydrogens (tertiary/aromatic N) is 1. The fraction of sp³-hybridized carbons (Fsp3) is 1.00. The topological polar surface area (TPSA) is 61.4 Å². The highest BCUT2D eigenvalue weighted by molar-refractivity contribution is 7.89. The van der Waals surface area contributed by atoms with Crippen molar-refractivity contribution in [1.82, 2.24) is 14.9 Å². The van der Waals surface area contributed by atoms with Gasteiger partial charge in [-0.05, 0) is 58.8 Å². The highest BCUT2D eigenvalue weighted by atomic mass is 32.2. The minimum absolute atomic E-state index is 0.00620. The van der Waals surface area contributed by atoms with Crippen molar-refractivity contribution in [2.24, 2.45) is 0 Å². The van der Waals surface area contributed by atoms with Gasteiger partial charge in [-0.1, -0.05) is 6.92 Å². The van der Waals surface area contributed by atoms with Gasteiger partial charge in [-0.2, -0.15) is 0 Å². The van der Waals surface area contributed by atoms with E-state index in [-0.39, 0.29) is 11.8 Å². The SMILES string of the molecule is CCCNCCCS(=O)(=O)NC(C)CN1CCCC1. The molecule has 1 heterocycles. The fourth-order valence-corrected chi connectivity index (χ4v) is 3.77. The van der Waals surface area contributed by atoms with Gasteiger partial charge in [-0.15, -0.1) is 0 Å². The lowest BCUT2D eigenvalue weighted by Gasteiger charge is -2.21. The minimum Gasteiger partial charge on any atom is -0.317 e. The first-order valence-corrected chi connectivity index (χ1v) is 9.12. The van der Waals surface area contributed by atoms with Crippen LogP contribution in [0.1, 0.15) is 39.5 Å². The molecular weight excluding hydrogens is 262 g/mol. The van der Waals surface area contributed by atoms with E-state index in [9.17, 15) is 8.42 Å². The second-order valence-corrected chi connectivity index (χ2v) is 7.32. The fourth-order valence-electron chi connectivity index (χ4n) is 2.44. The largest absolute Gasteiger partial charge is 0.317 e. The van der Waals surface area contributed by atoms with Crippen LogP contribution in [0.25, 0.3) is 0 Å². The van der Waals surface area contributed by atoms with Crippen LogP contribution in [0.4, 0.5) is 0 Å². The first kappa shape index (κ1) is 16.9. The van der Waals surface area contributed by atoms with Crippen LogP contribution >= 0.6 is 0 Å². The molecule has 1 fully saturated rings. The average Bonchev–Trinajstić information content (AvgIpc) is 2.80. The van der Waals surface area contributed by atoms with E-state index >= 15 is 0 Å². The Bertz CT molecular complexity index is 327. The quantitative estimate of drug-likeness (QED) is 0.584. The summed E-state index contributed by atoms with van der Waals surface area (Å²) in [5.74, 6) is 0.216. The predicted molar refractivity (Wildman–Crippen MR) is 79.8 cm³/mol. The number of sulfonamides is 1. The Morgan fingerprint density at radius 3 is 2.53 bits per heavy atom. The second-order valence-electron chi connectivity index (χ2n) is 5.45. The number of hydrogen-bond donors (Lipinski definition) is 2. The Labute approximate surface area is 118 Å². The van der Waals surface area contributed by atoms with Crippen molar-refractivity contribution in [3.63, 3.8) is 0 Å². The van der Waals surface area contributed by atoms with E-state index in [2.05, 4.69) is 21.9 Å². The monoisotopic (exact) mass is 291 g/mol. The third-order valence-corrected chi connectivity index (χ3v) is 4.89. The molecule has 0 aromatic rings. The summed E-state index contributed by atoms with van der Waals surface area (Å²) in [5, 5.41) is 3.22. The third kappa shape index (κ3) is 7.87. The summed E-state index contributed by atoms with van der Waals surface area (Å²) in [6.45, 7) is 8.82. The van der Waals surface area contributed by atoms with Crippen molar-refractivity contribution in [3.8, 4) is 0 Å². The lowest BCUT2D eigenvalue weighted by molar-refractivity contribution is 0.312. The molecule has 0 aromatic heterocycles. The van der Waals surface area contributed by atoms with Crippen LogP contribution in [-0.2, 0) is 10.0 Å². The zero-order valence-corrected chi connectivity index (χ0v) is 13.1. The Balaban J connectivity index is 2.17. The first-order valence-electron chi connectivity index (χ1n) is 7.46. The van der Waals surface area contributed by atoms with Gasteiger partial charge in [0.1, 0.15) is 0 Å². The summed E-state index contributed by atoms with van der Waals surface area (Å²) < 4.78 is 26.6. The van der Waals surface area contributed by atoms with E-state index < -0.39 is 10.0 Å². The van der Waals surface area contributed by atoms with Gasteiger partial charge in [-0.25, -0.2) is 13.1 Å². The molecule has 1 atom stereocenters. The smallest absolute Gasteiger partial charge is 0.211 e. The van der Waals surface area contributed by atoms with Crippen molar-refractivity contribution in [3.05, 3.63) is 0 Å². The molecule has 5 nitrogen and oxygen atoms in total. The van der Waals surface area contributed by atoms with Gasteiger partial charge >= 0.3 is 0 Å². The second kappa shape index (κ2) is 8.89. The van der Waals surface area contributed by atoms with Crippen molar-refractivity contribution >= 4 is 10.0 Å². The maximum Gasteiger partial charge on any atom is 0.211 e. The predicted octanol–water partition coefficient (Wildman–Crippen LogP) is 0.780. The lowest BCUT2D eigenvalue weighted by Crippen LogP contribution is -2.42. The van der Waals surface area contributed by atoms with E-state index in [4.69, 9.17) is 0 Å². The van der Waals surface area contributed by atoms with Crippen LogP contribution in [0.15, 0.2) is 0 Å². The van der Waals surface area contributed by atoms with Gasteiger partial charge in [0.25, 0.3) is 0 Å². The van der Waals surface area contributed by atoms with Gasteiger partial charge < -0.3 is 10.2 Å². The molecule has 0 bridgehead atoms. The van der Waals surface area contributed by atoms with Crippen LogP contribution < -0.4 is 10.0 Å². The van der Waals surface area contributed by atoms with Gasteiger partial charge in [0.2, 0.25) is 10.0 Å². The molecular formula is C13H29N3O2S. The zero-order valence-electron chi connectivity index (χ0n) is 12.3. The zero-order chi connectivity index (χ0) is 14.1. The van der Waals surface area contributed by atoms with E-state index in [1.807, 2.05) is 6.92 Å². The van der Waals surface area contributed by atoms with Crippen LogP contribution in [0.5, 0.6) is 0 Å². The Hall–Kier alpha value is -0.170. The molecule has 1 saturated heterocycles. The summed E-state index contributed by atoms with van der Waals surface area (Å²) >= 11 is 0. The number of likely N-dealkylation sites (tertiary alicyclic amines) is 1. The summed E-state index contributed by atoms with van der Waals surface area (Å²) in [7, 11) is -3.13. The molecule has 1 unspecified atom stereocenters. The molecule has 19 heavy (non-hydrogen) atoms. The summed E-state index contributed by atoms with van der Waals surface area (Å²) in [6, 6.07) is 0.00620. The normalized spacial score (nSPS) is 18.8. The maximum atomic E-state index is 11.9. The summed E-state index contributed by atoms with van der Waals surface area (Å²) in [6.07, 6.45) is 4.23. The molecule has 0 spiro atoms. The highest BCUT2D eigenvalue weighted by Crippen LogP contribution is 2.07. The first-order chi connectivity index (χ1) is 9.03. The van der Waals surface area contributed by atoms with Crippen LogP contribution in [0.2, 0.25) is 0 Å². The Morgan fingerprint density at radius 1 is 1.21 bits per heavy atom. The molecule has 2 N–H and O–H groups in total. The number of nitrogens with one attached hydrogen (secondary N) is 2. The summed E-state index contributed by atoms with van der Waals surface area (Å²) in [4.78, 5) is 2.33. The third-order valence-electron chi connectivity index (χ3n) is 3.30. The van der Waals surface area contributed by atoms with Crippen LogP contribution in [-0.4, -0.2) is 57.8 Å². The van der Waals surface area contributed by atoms with E-state index in [1.54, 1.807) is 0 Å². The molecule has 0 aliphatic carbocycles. The molecule has 114 valence electrons. The molecule has 0 amide bonds. The average molecular weight is 291 g/mol. The van der Waals surface area contributed by atoms with E-state index in [1.165, 1.54) is 12.8 Å². The Morgan fingerprint density at radius 2 is 1.89 bits per heavy atom.